The second-order valence-electron chi connectivity index (χ2n) is 7.23. The van der Waals surface area contributed by atoms with Crippen LogP contribution in [0.4, 0.5) is 5.69 Å². The van der Waals surface area contributed by atoms with Crippen molar-refractivity contribution in [2.45, 2.75) is 37.5 Å². The molecule has 0 bridgehead atoms. The maximum atomic E-state index is 12.7. The molecule has 29 heavy (non-hydrogen) atoms. The molecule has 1 heterocycles. The molecule has 0 aromatic heterocycles. The minimum Gasteiger partial charge on any atom is -0.366 e. The van der Waals surface area contributed by atoms with Crippen molar-refractivity contribution < 1.29 is 18.0 Å². The van der Waals surface area contributed by atoms with Crippen molar-refractivity contribution in [1.29, 1.82) is 0 Å². The van der Waals surface area contributed by atoms with Crippen LogP contribution in [0.5, 0.6) is 0 Å². The summed E-state index contributed by atoms with van der Waals surface area (Å²) in [6.45, 7) is 2.86. The van der Waals surface area contributed by atoms with Crippen molar-refractivity contribution in [3.8, 4) is 0 Å². The standard InChI is InChI=1S/C21H25N3O4S/c1-15-13-17(7-10-19(15)21(22)26)23-20(25)14-16-5-8-18(9-6-16)29(27,28)24-11-3-2-4-12-24/h5-10,13H,2-4,11-12,14H2,1H3,(H2,22,26)(H,23,25). The van der Waals surface area contributed by atoms with Crippen LogP contribution in [-0.4, -0.2) is 37.6 Å². The number of carbonyl (C=O) groups excluding carboxylic acids is 2. The number of carbonyl (C=O) groups is 2. The van der Waals surface area contributed by atoms with Gasteiger partial charge >= 0.3 is 0 Å². The van der Waals surface area contributed by atoms with E-state index in [1.807, 2.05) is 0 Å². The lowest BCUT2D eigenvalue weighted by Gasteiger charge is -2.25. The molecule has 1 aliphatic heterocycles. The predicted octanol–water partition coefficient (Wildman–Crippen LogP) is 2.45. The van der Waals surface area contributed by atoms with E-state index in [2.05, 4.69) is 5.32 Å². The number of nitrogens with one attached hydrogen (secondary N) is 1. The fourth-order valence-corrected chi connectivity index (χ4v) is 4.96. The average molecular weight is 416 g/mol. The third-order valence-electron chi connectivity index (χ3n) is 5.02. The van der Waals surface area contributed by atoms with E-state index in [0.29, 0.717) is 35.5 Å². The number of primary amides is 1. The first-order chi connectivity index (χ1) is 13.8. The fraction of sp³-hybridized carbons (Fsp3) is 0.333. The van der Waals surface area contributed by atoms with Crippen molar-refractivity contribution in [1.82, 2.24) is 4.31 Å². The van der Waals surface area contributed by atoms with E-state index in [4.69, 9.17) is 5.73 Å². The Balaban J connectivity index is 1.64. The number of anilines is 1. The number of amides is 2. The molecule has 3 N–H and O–H groups in total. The molecule has 2 aromatic carbocycles. The van der Waals surface area contributed by atoms with E-state index in [-0.39, 0.29) is 17.2 Å². The number of rotatable bonds is 6. The second kappa shape index (κ2) is 8.75. The van der Waals surface area contributed by atoms with Gasteiger partial charge in [-0.2, -0.15) is 4.31 Å². The van der Waals surface area contributed by atoms with Gasteiger partial charge in [0, 0.05) is 24.3 Å². The Morgan fingerprint density at radius 2 is 1.69 bits per heavy atom. The van der Waals surface area contributed by atoms with Crippen molar-refractivity contribution in [2.24, 2.45) is 5.73 Å². The molecular weight excluding hydrogens is 390 g/mol. The Labute approximate surface area is 171 Å². The van der Waals surface area contributed by atoms with Gasteiger partial charge in [-0.15, -0.1) is 0 Å². The molecule has 1 fully saturated rings. The molecule has 2 aromatic rings. The number of piperidine rings is 1. The Bertz CT molecular complexity index is 1010. The summed E-state index contributed by atoms with van der Waals surface area (Å²) in [5.41, 5.74) is 7.66. The van der Waals surface area contributed by atoms with Gasteiger partial charge in [0.25, 0.3) is 0 Å². The molecule has 2 amide bonds. The zero-order chi connectivity index (χ0) is 21.0. The molecule has 3 rings (SSSR count). The molecule has 0 spiro atoms. The Morgan fingerprint density at radius 1 is 1.03 bits per heavy atom. The van der Waals surface area contributed by atoms with Crippen LogP contribution in [0.2, 0.25) is 0 Å². The number of nitrogens with two attached hydrogens (primary N) is 1. The van der Waals surface area contributed by atoms with Gasteiger partial charge in [-0.3, -0.25) is 9.59 Å². The minimum absolute atomic E-state index is 0.112. The largest absolute Gasteiger partial charge is 0.366 e. The summed E-state index contributed by atoms with van der Waals surface area (Å²) in [7, 11) is -3.48. The van der Waals surface area contributed by atoms with Gasteiger partial charge in [0.05, 0.1) is 11.3 Å². The van der Waals surface area contributed by atoms with Crippen molar-refractivity contribution in [3.05, 3.63) is 59.2 Å². The van der Waals surface area contributed by atoms with Crippen LogP contribution >= 0.6 is 0 Å². The molecule has 0 unspecified atom stereocenters. The predicted molar refractivity (Wildman–Crippen MR) is 111 cm³/mol. The van der Waals surface area contributed by atoms with Crippen molar-refractivity contribution in [3.63, 3.8) is 0 Å². The highest BCUT2D eigenvalue weighted by Crippen LogP contribution is 2.21. The minimum atomic E-state index is -3.48. The van der Waals surface area contributed by atoms with Crippen LogP contribution in [0.3, 0.4) is 0 Å². The first-order valence-corrected chi connectivity index (χ1v) is 11.0. The summed E-state index contributed by atoms with van der Waals surface area (Å²) in [5.74, 6) is -0.747. The summed E-state index contributed by atoms with van der Waals surface area (Å²) in [6.07, 6.45) is 2.94. The van der Waals surface area contributed by atoms with Gasteiger partial charge in [-0.05, 0) is 61.2 Å². The molecule has 7 nitrogen and oxygen atoms in total. The molecular formula is C21H25N3O4S. The topological polar surface area (TPSA) is 110 Å². The van der Waals surface area contributed by atoms with Gasteiger partial charge in [0.2, 0.25) is 21.8 Å². The number of aryl methyl sites for hydroxylation is 1. The van der Waals surface area contributed by atoms with Crippen LogP contribution in [0.15, 0.2) is 47.4 Å². The highest BCUT2D eigenvalue weighted by atomic mass is 32.2. The third kappa shape index (κ3) is 5.02. The van der Waals surface area contributed by atoms with Crippen LogP contribution in [-0.2, 0) is 21.2 Å². The molecule has 0 radical (unpaired) electrons. The summed E-state index contributed by atoms with van der Waals surface area (Å²) in [4.78, 5) is 23.8. The maximum Gasteiger partial charge on any atom is 0.248 e. The zero-order valence-electron chi connectivity index (χ0n) is 16.3. The van der Waals surface area contributed by atoms with Gasteiger partial charge in [-0.1, -0.05) is 18.6 Å². The average Bonchev–Trinajstić information content (AvgIpc) is 2.69. The van der Waals surface area contributed by atoms with Crippen LogP contribution < -0.4 is 11.1 Å². The summed E-state index contributed by atoms with van der Waals surface area (Å²) in [6, 6.07) is 11.3. The van der Waals surface area contributed by atoms with Gasteiger partial charge in [-0.25, -0.2) is 8.42 Å². The van der Waals surface area contributed by atoms with Crippen molar-refractivity contribution >= 4 is 27.5 Å². The number of hydrogen-bond acceptors (Lipinski definition) is 4. The van der Waals surface area contributed by atoms with Gasteiger partial charge in [0.15, 0.2) is 0 Å². The third-order valence-corrected chi connectivity index (χ3v) is 6.93. The van der Waals surface area contributed by atoms with E-state index < -0.39 is 15.9 Å². The van der Waals surface area contributed by atoms with Gasteiger partial charge < -0.3 is 11.1 Å². The number of hydrogen-bond donors (Lipinski definition) is 2. The smallest absolute Gasteiger partial charge is 0.248 e. The lowest BCUT2D eigenvalue weighted by Crippen LogP contribution is -2.35. The fourth-order valence-electron chi connectivity index (χ4n) is 3.44. The lowest BCUT2D eigenvalue weighted by molar-refractivity contribution is -0.115. The molecule has 154 valence electrons. The van der Waals surface area contributed by atoms with Crippen LogP contribution in [0.1, 0.15) is 40.7 Å². The normalized spacial score (nSPS) is 15.1. The lowest BCUT2D eigenvalue weighted by atomic mass is 10.1. The molecule has 8 heteroatoms. The van der Waals surface area contributed by atoms with E-state index in [1.54, 1.807) is 49.4 Å². The maximum absolute atomic E-state index is 12.7. The zero-order valence-corrected chi connectivity index (χ0v) is 17.2. The molecule has 1 aliphatic rings. The second-order valence-corrected chi connectivity index (χ2v) is 9.17. The quantitative estimate of drug-likeness (QED) is 0.755. The van der Waals surface area contributed by atoms with E-state index in [1.165, 1.54) is 4.31 Å². The number of nitrogens with zero attached hydrogens (tertiary/aromatic N) is 1. The summed E-state index contributed by atoms with van der Waals surface area (Å²) in [5, 5.41) is 2.78. The Hall–Kier alpha value is -2.71. The molecule has 0 aliphatic carbocycles. The number of sulfonamides is 1. The Morgan fingerprint density at radius 3 is 2.28 bits per heavy atom. The first kappa shape index (κ1) is 21.0. The summed E-state index contributed by atoms with van der Waals surface area (Å²) < 4.78 is 26.9. The van der Waals surface area contributed by atoms with Crippen LogP contribution in [0, 0.1) is 6.92 Å². The molecule has 1 saturated heterocycles. The highest BCUT2D eigenvalue weighted by molar-refractivity contribution is 7.89. The van der Waals surface area contributed by atoms with Crippen molar-refractivity contribution in [2.75, 3.05) is 18.4 Å². The monoisotopic (exact) mass is 415 g/mol. The SMILES string of the molecule is Cc1cc(NC(=O)Cc2ccc(S(=O)(=O)N3CCCCC3)cc2)ccc1C(N)=O. The van der Waals surface area contributed by atoms with E-state index >= 15 is 0 Å². The molecule has 0 atom stereocenters. The summed E-state index contributed by atoms with van der Waals surface area (Å²) >= 11 is 0. The van der Waals surface area contributed by atoms with E-state index in [9.17, 15) is 18.0 Å². The first-order valence-electron chi connectivity index (χ1n) is 9.57. The number of benzene rings is 2. The van der Waals surface area contributed by atoms with Crippen LogP contribution in [0.25, 0.3) is 0 Å². The Kier molecular flexibility index (Phi) is 6.34. The van der Waals surface area contributed by atoms with Gasteiger partial charge in [0.1, 0.15) is 0 Å². The molecule has 0 saturated carbocycles. The highest BCUT2D eigenvalue weighted by Gasteiger charge is 2.25. The van der Waals surface area contributed by atoms with E-state index in [0.717, 1.165) is 19.3 Å².